The number of nitrogens with zero attached hydrogens (tertiary/aromatic N) is 3. The molecule has 0 unspecified atom stereocenters. The van der Waals surface area contributed by atoms with Crippen LogP contribution in [0.3, 0.4) is 0 Å². The van der Waals surface area contributed by atoms with E-state index in [1.807, 2.05) is 81.0 Å². The lowest BCUT2D eigenvalue weighted by atomic mass is 10.2. The van der Waals surface area contributed by atoms with Gasteiger partial charge in [-0.3, -0.25) is 0 Å². The zero-order valence-electron chi connectivity index (χ0n) is 13.9. The van der Waals surface area contributed by atoms with Crippen molar-refractivity contribution < 1.29 is 0 Å². The quantitative estimate of drug-likeness (QED) is 0.718. The van der Waals surface area contributed by atoms with Crippen LogP contribution in [0.25, 0.3) is 0 Å². The first-order chi connectivity index (χ1) is 11.7. The van der Waals surface area contributed by atoms with Gasteiger partial charge in [-0.2, -0.15) is 4.98 Å². The molecular weight excluding hydrogens is 298 g/mol. The van der Waals surface area contributed by atoms with Gasteiger partial charge in [-0.05, 0) is 38.4 Å². The minimum absolute atomic E-state index is 0.571. The predicted molar refractivity (Wildman–Crippen MR) is 98.9 cm³/mol. The average Bonchev–Trinajstić information content (AvgIpc) is 2.59. The lowest BCUT2D eigenvalue weighted by Crippen LogP contribution is -2.14. The van der Waals surface area contributed by atoms with Crippen molar-refractivity contribution in [3.05, 3.63) is 72.4 Å². The summed E-state index contributed by atoms with van der Waals surface area (Å²) in [6.07, 6.45) is 1.86. The Balaban J connectivity index is 1.88. The molecule has 0 amide bonds. The summed E-state index contributed by atoms with van der Waals surface area (Å²) in [4.78, 5) is 11.2. The van der Waals surface area contributed by atoms with Gasteiger partial charge in [0, 0.05) is 29.7 Å². The monoisotopic (exact) mass is 319 g/mol. The third-order valence-corrected chi connectivity index (χ3v) is 3.42. The fraction of sp³-hybridized carbons (Fsp3) is 0.158. The molecule has 5 heteroatoms. The summed E-state index contributed by atoms with van der Waals surface area (Å²) in [6, 6.07) is 19.9. The Morgan fingerprint density at radius 1 is 0.833 bits per heavy atom. The standard InChI is InChI=1S/C19H21N5/c1-24(2)14-15-13-20-19(22-17-11-7-4-8-12-17)23-18(15)21-16-9-5-3-6-10-16/h3-13H,14H2,1-2H3,(H2,20,21,22,23). The summed E-state index contributed by atoms with van der Waals surface area (Å²) in [5, 5.41) is 6.62. The number of hydrogen-bond acceptors (Lipinski definition) is 5. The van der Waals surface area contributed by atoms with Crippen molar-refractivity contribution in [2.24, 2.45) is 0 Å². The number of anilines is 4. The van der Waals surface area contributed by atoms with Crippen LogP contribution in [0.2, 0.25) is 0 Å². The molecule has 0 fully saturated rings. The van der Waals surface area contributed by atoms with Crippen molar-refractivity contribution in [1.82, 2.24) is 14.9 Å². The van der Waals surface area contributed by atoms with E-state index in [4.69, 9.17) is 0 Å². The van der Waals surface area contributed by atoms with Crippen LogP contribution in [0.4, 0.5) is 23.1 Å². The van der Waals surface area contributed by atoms with Gasteiger partial charge in [0.1, 0.15) is 5.82 Å². The molecule has 0 saturated carbocycles. The molecule has 0 atom stereocenters. The molecule has 0 spiro atoms. The van der Waals surface area contributed by atoms with E-state index in [9.17, 15) is 0 Å². The van der Waals surface area contributed by atoms with Gasteiger partial charge in [0.2, 0.25) is 5.95 Å². The van der Waals surface area contributed by atoms with Gasteiger partial charge in [0.05, 0.1) is 0 Å². The van der Waals surface area contributed by atoms with Crippen molar-refractivity contribution in [3.63, 3.8) is 0 Å². The van der Waals surface area contributed by atoms with Crippen molar-refractivity contribution in [3.8, 4) is 0 Å². The summed E-state index contributed by atoms with van der Waals surface area (Å²) in [5.74, 6) is 1.38. The van der Waals surface area contributed by atoms with E-state index < -0.39 is 0 Å². The molecule has 2 aromatic carbocycles. The van der Waals surface area contributed by atoms with E-state index in [1.54, 1.807) is 0 Å². The first-order valence-corrected chi connectivity index (χ1v) is 7.85. The molecule has 0 radical (unpaired) electrons. The second kappa shape index (κ2) is 7.57. The molecule has 122 valence electrons. The van der Waals surface area contributed by atoms with E-state index in [2.05, 4.69) is 25.5 Å². The van der Waals surface area contributed by atoms with Crippen LogP contribution in [-0.4, -0.2) is 29.0 Å². The van der Waals surface area contributed by atoms with Crippen LogP contribution in [0, 0.1) is 0 Å². The highest BCUT2D eigenvalue weighted by Gasteiger charge is 2.09. The van der Waals surface area contributed by atoms with Crippen LogP contribution in [0.1, 0.15) is 5.56 Å². The Labute approximate surface area is 142 Å². The average molecular weight is 319 g/mol. The Kier molecular flexibility index (Phi) is 5.03. The van der Waals surface area contributed by atoms with Crippen LogP contribution < -0.4 is 10.6 Å². The number of benzene rings is 2. The molecule has 1 aromatic heterocycles. The van der Waals surface area contributed by atoms with Crippen molar-refractivity contribution in [2.45, 2.75) is 6.54 Å². The Bertz CT molecular complexity index is 772. The minimum Gasteiger partial charge on any atom is -0.340 e. The Hall–Kier alpha value is -2.92. The molecule has 5 nitrogen and oxygen atoms in total. The molecule has 2 N–H and O–H groups in total. The fourth-order valence-corrected chi connectivity index (χ4v) is 2.34. The summed E-state index contributed by atoms with van der Waals surface area (Å²) >= 11 is 0. The van der Waals surface area contributed by atoms with Gasteiger partial charge < -0.3 is 15.5 Å². The smallest absolute Gasteiger partial charge is 0.229 e. The Morgan fingerprint density at radius 3 is 2.00 bits per heavy atom. The molecule has 0 aliphatic heterocycles. The molecule has 24 heavy (non-hydrogen) atoms. The van der Waals surface area contributed by atoms with E-state index in [0.717, 1.165) is 29.3 Å². The van der Waals surface area contributed by atoms with E-state index >= 15 is 0 Å². The minimum atomic E-state index is 0.571. The lowest BCUT2D eigenvalue weighted by molar-refractivity contribution is 0.402. The highest BCUT2D eigenvalue weighted by molar-refractivity contribution is 5.62. The van der Waals surface area contributed by atoms with Crippen molar-refractivity contribution >= 4 is 23.1 Å². The number of rotatable bonds is 6. The zero-order valence-corrected chi connectivity index (χ0v) is 13.9. The third kappa shape index (κ3) is 4.30. The van der Waals surface area contributed by atoms with Crippen LogP contribution >= 0.6 is 0 Å². The van der Waals surface area contributed by atoms with Crippen molar-refractivity contribution in [1.29, 1.82) is 0 Å². The summed E-state index contributed by atoms with van der Waals surface area (Å²) in [6.45, 7) is 0.765. The van der Waals surface area contributed by atoms with E-state index in [-0.39, 0.29) is 0 Å². The number of nitrogens with one attached hydrogen (secondary N) is 2. The highest BCUT2D eigenvalue weighted by atomic mass is 15.2. The maximum absolute atomic E-state index is 4.66. The molecular formula is C19H21N5. The van der Waals surface area contributed by atoms with Gasteiger partial charge in [-0.25, -0.2) is 4.98 Å². The highest BCUT2D eigenvalue weighted by Crippen LogP contribution is 2.22. The second-order valence-corrected chi connectivity index (χ2v) is 5.79. The second-order valence-electron chi connectivity index (χ2n) is 5.79. The lowest BCUT2D eigenvalue weighted by Gasteiger charge is -2.16. The first kappa shape index (κ1) is 16.0. The third-order valence-electron chi connectivity index (χ3n) is 3.42. The van der Waals surface area contributed by atoms with Crippen LogP contribution in [0.15, 0.2) is 66.9 Å². The topological polar surface area (TPSA) is 53.1 Å². The molecule has 3 rings (SSSR count). The number of para-hydroxylation sites is 2. The summed E-state index contributed by atoms with van der Waals surface area (Å²) in [5.41, 5.74) is 3.01. The van der Waals surface area contributed by atoms with E-state index in [1.165, 1.54) is 0 Å². The largest absolute Gasteiger partial charge is 0.340 e. The van der Waals surface area contributed by atoms with Gasteiger partial charge in [-0.1, -0.05) is 36.4 Å². The van der Waals surface area contributed by atoms with E-state index in [0.29, 0.717) is 5.95 Å². The molecule has 0 aliphatic rings. The van der Waals surface area contributed by atoms with Gasteiger partial charge in [0.25, 0.3) is 0 Å². The van der Waals surface area contributed by atoms with Gasteiger partial charge in [0.15, 0.2) is 0 Å². The first-order valence-electron chi connectivity index (χ1n) is 7.85. The molecule has 1 heterocycles. The summed E-state index contributed by atoms with van der Waals surface area (Å²) < 4.78 is 0. The van der Waals surface area contributed by atoms with Gasteiger partial charge >= 0.3 is 0 Å². The summed E-state index contributed by atoms with van der Waals surface area (Å²) in [7, 11) is 4.06. The number of aromatic nitrogens is 2. The number of hydrogen-bond donors (Lipinski definition) is 2. The Morgan fingerprint density at radius 2 is 1.42 bits per heavy atom. The van der Waals surface area contributed by atoms with Crippen LogP contribution in [-0.2, 0) is 6.54 Å². The SMILES string of the molecule is CN(C)Cc1cnc(Nc2ccccc2)nc1Nc1ccccc1. The molecule has 0 saturated heterocycles. The van der Waals surface area contributed by atoms with Crippen molar-refractivity contribution in [2.75, 3.05) is 24.7 Å². The maximum atomic E-state index is 4.66. The van der Waals surface area contributed by atoms with Gasteiger partial charge in [-0.15, -0.1) is 0 Å². The zero-order chi connectivity index (χ0) is 16.8. The molecule has 0 bridgehead atoms. The fourth-order valence-electron chi connectivity index (χ4n) is 2.34. The molecule has 3 aromatic rings. The normalized spacial score (nSPS) is 10.6. The van der Waals surface area contributed by atoms with Crippen LogP contribution in [0.5, 0.6) is 0 Å². The maximum Gasteiger partial charge on any atom is 0.229 e. The predicted octanol–water partition coefficient (Wildman–Crippen LogP) is 4.03. The molecule has 0 aliphatic carbocycles.